The Morgan fingerprint density at radius 1 is 1.75 bits per heavy atom. The molecule has 0 amide bonds. The predicted octanol–water partition coefficient (Wildman–Crippen LogP) is 2.52. The molecule has 0 bridgehead atoms. The summed E-state index contributed by atoms with van der Waals surface area (Å²) in [6.07, 6.45) is 3.96. The van der Waals surface area contributed by atoms with E-state index in [1.165, 1.54) is 5.75 Å². The molecule has 0 aliphatic rings. The third kappa shape index (κ3) is 4.25. The molecule has 8 heavy (non-hydrogen) atoms. The van der Waals surface area contributed by atoms with Gasteiger partial charge in [-0.15, -0.1) is 0 Å². The molecule has 1 heteroatoms. The first-order valence-corrected chi connectivity index (χ1v) is 3.93. The zero-order valence-electron chi connectivity index (χ0n) is 5.55. The Morgan fingerprint density at radius 3 is 2.75 bits per heavy atom. The van der Waals surface area contributed by atoms with Crippen LogP contribution < -0.4 is 0 Å². The molecule has 0 N–H and O–H groups in total. The summed E-state index contributed by atoms with van der Waals surface area (Å²) < 4.78 is 0. The van der Waals surface area contributed by atoms with E-state index in [0.717, 1.165) is 0 Å². The van der Waals surface area contributed by atoms with E-state index in [1.807, 2.05) is 17.8 Å². The van der Waals surface area contributed by atoms with Crippen molar-refractivity contribution in [1.29, 1.82) is 0 Å². The van der Waals surface area contributed by atoms with Gasteiger partial charge in [-0.1, -0.05) is 19.1 Å². The Labute approximate surface area is 56.4 Å². The highest BCUT2D eigenvalue weighted by molar-refractivity contribution is 8.00. The lowest BCUT2D eigenvalue weighted by Gasteiger charge is -1.99. The van der Waals surface area contributed by atoms with Crippen molar-refractivity contribution in [2.45, 2.75) is 19.1 Å². The van der Waals surface area contributed by atoms with E-state index >= 15 is 0 Å². The van der Waals surface area contributed by atoms with Crippen LogP contribution in [-0.4, -0.2) is 11.0 Å². The summed E-state index contributed by atoms with van der Waals surface area (Å²) in [7, 11) is 0. The Bertz CT molecular complexity index is 66.8. The van der Waals surface area contributed by atoms with E-state index in [2.05, 4.69) is 26.8 Å². The lowest BCUT2D eigenvalue weighted by molar-refractivity contribution is 1.24. The van der Waals surface area contributed by atoms with Gasteiger partial charge in [0.25, 0.3) is 0 Å². The van der Waals surface area contributed by atoms with Gasteiger partial charge in [0, 0.05) is 5.25 Å². The minimum absolute atomic E-state index is 0.637. The highest BCUT2D eigenvalue weighted by Gasteiger charge is 1.90. The molecule has 0 heterocycles. The van der Waals surface area contributed by atoms with Gasteiger partial charge >= 0.3 is 0 Å². The Balaban J connectivity index is 3.17. The van der Waals surface area contributed by atoms with E-state index in [1.54, 1.807) is 0 Å². The molecule has 0 spiro atoms. The zero-order chi connectivity index (χ0) is 6.41. The van der Waals surface area contributed by atoms with E-state index < -0.39 is 0 Å². The third-order valence-corrected chi connectivity index (χ3v) is 1.85. The first kappa shape index (κ1) is 8.09. The molecule has 0 aromatic heterocycles. The minimum atomic E-state index is 0.637. The maximum absolute atomic E-state index is 3.61. The Kier molecular flexibility index (Phi) is 5.29. The quantitative estimate of drug-likeness (QED) is 0.564. The second kappa shape index (κ2) is 5.23. The average Bonchev–Trinajstić information content (AvgIpc) is 1.68. The molecule has 0 saturated heterocycles. The third-order valence-electron chi connectivity index (χ3n) is 0.837. The summed E-state index contributed by atoms with van der Waals surface area (Å²) in [6.45, 7) is 7.96. The van der Waals surface area contributed by atoms with Gasteiger partial charge in [-0.2, -0.15) is 11.8 Å². The van der Waals surface area contributed by atoms with Crippen LogP contribution in [0.25, 0.3) is 0 Å². The summed E-state index contributed by atoms with van der Waals surface area (Å²) >= 11 is 1.93. The SMILES string of the molecule is [CH2]C=CC(C)SCC. The summed E-state index contributed by atoms with van der Waals surface area (Å²) in [6, 6.07) is 0. The van der Waals surface area contributed by atoms with Gasteiger partial charge in [0.05, 0.1) is 0 Å². The lowest BCUT2D eigenvalue weighted by atomic mass is 10.4. The maximum Gasteiger partial charge on any atom is 0.0198 e. The molecule has 1 atom stereocenters. The highest BCUT2D eigenvalue weighted by atomic mass is 32.2. The van der Waals surface area contributed by atoms with Crippen LogP contribution in [0.3, 0.4) is 0 Å². The van der Waals surface area contributed by atoms with E-state index in [4.69, 9.17) is 0 Å². The topological polar surface area (TPSA) is 0 Å². The molecule has 1 radical (unpaired) electrons. The van der Waals surface area contributed by atoms with Crippen LogP contribution in [0.2, 0.25) is 0 Å². The molecule has 0 nitrogen and oxygen atoms in total. The molecule has 0 fully saturated rings. The number of thioether (sulfide) groups is 1. The van der Waals surface area contributed by atoms with Crippen LogP contribution in [0, 0.1) is 6.92 Å². The fourth-order valence-electron chi connectivity index (χ4n) is 0.510. The molecule has 0 aliphatic carbocycles. The molecule has 0 rings (SSSR count). The first-order valence-electron chi connectivity index (χ1n) is 2.88. The number of allylic oxidation sites excluding steroid dienone is 1. The van der Waals surface area contributed by atoms with Crippen molar-refractivity contribution in [2.75, 3.05) is 5.75 Å². The molecule has 0 aromatic carbocycles. The van der Waals surface area contributed by atoms with Crippen molar-refractivity contribution in [3.63, 3.8) is 0 Å². The molecule has 0 aromatic rings. The predicted molar refractivity (Wildman–Crippen MR) is 42.1 cm³/mol. The normalized spacial score (nSPS) is 14.9. The van der Waals surface area contributed by atoms with E-state index in [0.29, 0.717) is 5.25 Å². The maximum atomic E-state index is 3.61. The average molecular weight is 129 g/mol. The van der Waals surface area contributed by atoms with Crippen molar-refractivity contribution in [1.82, 2.24) is 0 Å². The summed E-state index contributed by atoms with van der Waals surface area (Å²) in [5, 5.41) is 0.637. The monoisotopic (exact) mass is 129 g/mol. The second-order valence-electron chi connectivity index (χ2n) is 1.59. The summed E-state index contributed by atoms with van der Waals surface area (Å²) in [5.41, 5.74) is 0. The molecule has 0 saturated carbocycles. The fraction of sp³-hybridized carbons (Fsp3) is 0.571. The summed E-state index contributed by atoms with van der Waals surface area (Å²) in [5.74, 6) is 1.19. The second-order valence-corrected chi connectivity index (χ2v) is 3.24. The molecule has 0 aliphatic heterocycles. The molecular weight excluding hydrogens is 116 g/mol. The van der Waals surface area contributed by atoms with Gasteiger partial charge in [0.15, 0.2) is 0 Å². The minimum Gasteiger partial charge on any atom is -0.155 e. The van der Waals surface area contributed by atoms with Crippen LogP contribution >= 0.6 is 11.8 Å². The van der Waals surface area contributed by atoms with Crippen LogP contribution in [0.4, 0.5) is 0 Å². The van der Waals surface area contributed by atoms with E-state index in [9.17, 15) is 0 Å². The standard InChI is InChI=1S/C7H13S/c1-4-6-7(3)8-5-2/h4,6-7H,1,5H2,2-3H3. The molecule has 47 valence electrons. The smallest absolute Gasteiger partial charge is 0.0198 e. The van der Waals surface area contributed by atoms with E-state index in [-0.39, 0.29) is 0 Å². The van der Waals surface area contributed by atoms with Gasteiger partial charge in [-0.05, 0) is 19.6 Å². The van der Waals surface area contributed by atoms with Gasteiger partial charge in [0.1, 0.15) is 0 Å². The highest BCUT2D eigenvalue weighted by Crippen LogP contribution is 2.09. The molecule has 1 unspecified atom stereocenters. The molecular formula is C7H13S. The Morgan fingerprint density at radius 2 is 2.38 bits per heavy atom. The zero-order valence-corrected chi connectivity index (χ0v) is 6.37. The van der Waals surface area contributed by atoms with Crippen LogP contribution in [0.1, 0.15) is 13.8 Å². The summed E-state index contributed by atoms with van der Waals surface area (Å²) in [4.78, 5) is 0. The van der Waals surface area contributed by atoms with Crippen molar-refractivity contribution in [2.24, 2.45) is 0 Å². The number of hydrogen-bond donors (Lipinski definition) is 0. The van der Waals surface area contributed by atoms with Crippen LogP contribution in [-0.2, 0) is 0 Å². The van der Waals surface area contributed by atoms with Crippen molar-refractivity contribution < 1.29 is 0 Å². The Hall–Kier alpha value is 0.0900. The van der Waals surface area contributed by atoms with Gasteiger partial charge in [-0.3, -0.25) is 0 Å². The van der Waals surface area contributed by atoms with Gasteiger partial charge < -0.3 is 0 Å². The van der Waals surface area contributed by atoms with Crippen molar-refractivity contribution in [3.05, 3.63) is 19.1 Å². The first-order chi connectivity index (χ1) is 3.81. The number of rotatable bonds is 3. The van der Waals surface area contributed by atoms with Crippen molar-refractivity contribution >= 4 is 11.8 Å². The fourth-order valence-corrected chi connectivity index (χ4v) is 1.26. The largest absolute Gasteiger partial charge is 0.155 e. The van der Waals surface area contributed by atoms with Crippen LogP contribution in [0.15, 0.2) is 12.2 Å². The van der Waals surface area contributed by atoms with Crippen molar-refractivity contribution in [3.8, 4) is 0 Å². The number of hydrogen-bond acceptors (Lipinski definition) is 1. The lowest BCUT2D eigenvalue weighted by Crippen LogP contribution is -1.88. The van der Waals surface area contributed by atoms with Gasteiger partial charge in [-0.25, -0.2) is 0 Å². The van der Waals surface area contributed by atoms with Crippen LogP contribution in [0.5, 0.6) is 0 Å². The van der Waals surface area contributed by atoms with Gasteiger partial charge in [0.2, 0.25) is 0 Å².